The Balaban J connectivity index is 2.08. The zero-order valence-corrected chi connectivity index (χ0v) is 10.0. The average Bonchev–Trinajstić information content (AvgIpc) is 2.81. The van der Waals surface area contributed by atoms with Crippen LogP contribution in [0.2, 0.25) is 0 Å². The van der Waals surface area contributed by atoms with Gasteiger partial charge in [-0.15, -0.1) is 10.2 Å². The summed E-state index contributed by atoms with van der Waals surface area (Å²) in [4.78, 5) is 0. The van der Waals surface area contributed by atoms with E-state index < -0.39 is 0 Å². The van der Waals surface area contributed by atoms with E-state index in [0.717, 1.165) is 9.90 Å². The molecule has 84 valence electrons. The SMILES string of the molecule is NCc1ccc(F)c(CSc2nncs2)c1. The van der Waals surface area contributed by atoms with Crippen molar-refractivity contribution in [3.05, 3.63) is 40.7 Å². The number of nitrogens with zero attached hydrogens (tertiary/aromatic N) is 2. The van der Waals surface area contributed by atoms with E-state index in [1.54, 1.807) is 17.6 Å². The molecule has 0 unspecified atom stereocenters. The van der Waals surface area contributed by atoms with Crippen molar-refractivity contribution in [2.24, 2.45) is 5.73 Å². The van der Waals surface area contributed by atoms with Crippen molar-refractivity contribution in [2.45, 2.75) is 16.6 Å². The largest absolute Gasteiger partial charge is 0.326 e. The molecule has 0 spiro atoms. The maximum atomic E-state index is 13.4. The number of benzene rings is 1. The van der Waals surface area contributed by atoms with Gasteiger partial charge in [0.05, 0.1) is 0 Å². The molecule has 0 fully saturated rings. The molecule has 2 aromatic rings. The van der Waals surface area contributed by atoms with E-state index in [2.05, 4.69) is 10.2 Å². The highest BCUT2D eigenvalue weighted by atomic mass is 32.2. The first-order valence-electron chi connectivity index (χ1n) is 4.66. The van der Waals surface area contributed by atoms with Gasteiger partial charge >= 0.3 is 0 Å². The number of hydrogen-bond acceptors (Lipinski definition) is 5. The Morgan fingerprint density at radius 2 is 2.31 bits per heavy atom. The van der Waals surface area contributed by atoms with Crippen LogP contribution in [0.1, 0.15) is 11.1 Å². The van der Waals surface area contributed by atoms with Crippen LogP contribution in [-0.4, -0.2) is 10.2 Å². The number of halogens is 1. The molecule has 1 heterocycles. The molecule has 3 nitrogen and oxygen atoms in total. The number of thioether (sulfide) groups is 1. The van der Waals surface area contributed by atoms with Gasteiger partial charge in [-0.2, -0.15) is 0 Å². The summed E-state index contributed by atoms with van der Waals surface area (Å²) in [6.45, 7) is 0.427. The molecule has 0 aliphatic rings. The monoisotopic (exact) mass is 255 g/mol. The Hall–Kier alpha value is -0.980. The zero-order chi connectivity index (χ0) is 11.4. The van der Waals surface area contributed by atoms with E-state index in [1.807, 2.05) is 0 Å². The first kappa shape index (κ1) is 11.5. The lowest BCUT2D eigenvalue weighted by atomic mass is 10.1. The van der Waals surface area contributed by atoms with Crippen molar-refractivity contribution in [1.82, 2.24) is 10.2 Å². The second-order valence-corrected chi connectivity index (χ2v) is 5.18. The molecule has 2 rings (SSSR count). The fourth-order valence-electron chi connectivity index (χ4n) is 1.23. The third-order valence-electron chi connectivity index (χ3n) is 2.04. The van der Waals surface area contributed by atoms with Crippen molar-refractivity contribution >= 4 is 23.1 Å². The Kier molecular flexibility index (Phi) is 3.87. The van der Waals surface area contributed by atoms with Crippen LogP contribution in [0.5, 0.6) is 0 Å². The molecule has 0 bridgehead atoms. The van der Waals surface area contributed by atoms with Crippen molar-refractivity contribution < 1.29 is 4.39 Å². The predicted octanol–water partition coefficient (Wildman–Crippen LogP) is 2.43. The summed E-state index contributed by atoms with van der Waals surface area (Å²) < 4.78 is 14.3. The predicted molar refractivity (Wildman–Crippen MR) is 63.8 cm³/mol. The van der Waals surface area contributed by atoms with E-state index in [4.69, 9.17) is 5.73 Å². The molecule has 0 aliphatic heterocycles. The van der Waals surface area contributed by atoms with Crippen LogP contribution in [0.15, 0.2) is 28.0 Å². The van der Waals surface area contributed by atoms with E-state index in [0.29, 0.717) is 17.9 Å². The standard InChI is InChI=1S/C10H10FN3S2/c11-9-2-1-7(4-12)3-8(9)5-15-10-14-13-6-16-10/h1-3,6H,4-5,12H2. The lowest BCUT2D eigenvalue weighted by Crippen LogP contribution is -1.98. The van der Waals surface area contributed by atoms with Gasteiger partial charge in [0.15, 0.2) is 4.34 Å². The highest BCUT2D eigenvalue weighted by Crippen LogP contribution is 2.25. The molecule has 16 heavy (non-hydrogen) atoms. The maximum absolute atomic E-state index is 13.4. The lowest BCUT2D eigenvalue weighted by molar-refractivity contribution is 0.616. The highest BCUT2D eigenvalue weighted by Gasteiger charge is 2.05. The third kappa shape index (κ3) is 2.78. The smallest absolute Gasteiger partial charge is 0.174 e. The van der Waals surface area contributed by atoms with E-state index >= 15 is 0 Å². The molecule has 0 radical (unpaired) electrons. The minimum absolute atomic E-state index is 0.200. The Morgan fingerprint density at radius 3 is 3.00 bits per heavy atom. The zero-order valence-electron chi connectivity index (χ0n) is 8.39. The molecule has 0 saturated carbocycles. The lowest BCUT2D eigenvalue weighted by Gasteiger charge is -2.03. The van der Waals surface area contributed by atoms with Crippen LogP contribution in [0.4, 0.5) is 4.39 Å². The second-order valence-electron chi connectivity index (χ2n) is 3.12. The summed E-state index contributed by atoms with van der Waals surface area (Å²) in [7, 11) is 0. The fraction of sp³-hybridized carbons (Fsp3) is 0.200. The van der Waals surface area contributed by atoms with Crippen molar-refractivity contribution in [3.63, 3.8) is 0 Å². The second kappa shape index (κ2) is 5.38. The molecule has 0 aliphatic carbocycles. The van der Waals surface area contributed by atoms with Crippen LogP contribution in [0, 0.1) is 5.82 Å². The number of hydrogen-bond donors (Lipinski definition) is 1. The van der Waals surface area contributed by atoms with Gasteiger partial charge in [-0.05, 0) is 17.2 Å². The molecule has 0 amide bonds. The Labute approximate surface area is 101 Å². The van der Waals surface area contributed by atoms with Gasteiger partial charge in [-0.25, -0.2) is 4.39 Å². The molecule has 2 N–H and O–H groups in total. The highest BCUT2D eigenvalue weighted by molar-refractivity contribution is 8.00. The molecule has 1 aromatic carbocycles. The number of nitrogens with two attached hydrogens (primary N) is 1. The molecular weight excluding hydrogens is 245 g/mol. The molecule has 1 aromatic heterocycles. The van der Waals surface area contributed by atoms with Crippen molar-refractivity contribution in [2.75, 3.05) is 0 Å². The van der Waals surface area contributed by atoms with Crippen LogP contribution in [0.3, 0.4) is 0 Å². The first-order valence-corrected chi connectivity index (χ1v) is 6.52. The summed E-state index contributed by atoms with van der Waals surface area (Å²) >= 11 is 2.93. The van der Waals surface area contributed by atoms with Gasteiger partial charge in [0.2, 0.25) is 0 Å². The summed E-state index contributed by atoms with van der Waals surface area (Å²) in [6, 6.07) is 4.95. The van der Waals surface area contributed by atoms with Gasteiger partial charge in [-0.1, -0.05) is 35.2 Å². The molecule has 0 atom stereocenters. The molecular formula is C10H10FN3S2. The third-order valence-corrected chi connectivity index (χ3v) is 3.95. The summed E-state index contributed by atoms with van der Waals surface area (Å²) in [6.07, 6.45) is 0. The normalized spacial score (nSPS) is 10.6. The minimum atomic E-state index is -0.200. The quantitative estimate of drug-likeness (QED) is 0.852. The van der Waals surface area contributed by atoms with Gasteiger partial charge < -0.3 is 5.73 Å². The Morgan fingerprint density at radius 1 is 1.44 bits per heavy atom. The van der Waals surface area contributed by atoms with Crippen LogP contribution in [-0.2, 0) is 12.3 Å². The van der Waals surface area contributed by atoms with Crippen molar-refractivity contribution in [3.8, 4) is 0 Å². The maximum Gasteiger partial charge on any atom is 0.174 e. The molecule has 0 saturated heterocycles. The van der Waals surface area contributed by atoms with Gasteiger partial charge in [0, 0.05) is 12.3 Å². The number of aromatic nitrogens is 2. The van der Waals surface area contributed by atoms with E-state index in [9.17, 15) is 4.39 Å². The van der Waals surface area contributed by atoms with Crippen molar-refractivity contribution in [1.29, 1.82) is 0 Å². The average molecular weight is 255 g/mol. The van der Waals surface area contributed by atoms with Crippen LogP contribution in [0.25, 0.3) is 0 Å². The van der Waals surface area contributed by atoms with Crippen LogP contribution >= 0.6 is 23.1 Å². The van der Waals surface area contributed by atoms with Crippen LogP contribution < -0.4 is 5.73 Å². The molecule has 6 heteroatoms. The fourth-order valence-corrected chi connectivity index (χ4v) is 2.69. The first-order chi connectivity index (χ1) is 7.79. The van der Waals surface area contributed by atoms with Gasteiger partial charge in [0.25, 0.3) is 0 Å². The van der Waals surface area contributed by atoms with E-state index in [-0.39, 0.29) is 5.82 Å². The topological polar surface area (TPSA) is 51.8 Å². The van der Waals surface area contributed by atoms with Gasteiger partial charge in [0.1, 0.15) is 11.3 Å². The summed E-state index contributed by atoms with van der Waals surface area (Å²) in [5.41, 5.74) is 8.77. The summed E-state index contributed by atoms with van der Waals surface area (Å²) in [5.74, 6) is 0.351. The summed E-state index contributed by atoms with van der Waals surface area (Å²) in [5, 5.41) is 7.61. The van der Waals surface area contributed by atoms with Gasteiger partial charge in [-0.3, -0.25) is 0 Å². The number of rotatable bonds is 4. The minimum Gasteiger partial charge on any atom is -0.326 e. The van der Waals surface area contributed by atoms with E-state index in [1.165, 1.54) is 29.2 Å². The Bertz CT molecular complexity index is 459.